The van der Waals surface area contributed by atoms with Crippen molar-refractivity contribution in [3.05, 3.63) is 33.1 Å². The van der Waals surface area contributed by atoms with Crippen molar-refractivity contribution in [3.8, 4) is 0 Å². The van der Waals surface area contributed by atoms with E-state index in [1.54, 1.807) is 0 Å². The third kappa shape index (κ3) is 4.16. The van der Waals surface area contributed by atoms with Gasteiger partial charge in [0.25, 0.3) is 5.56 Å². The molecular weight excluding hydrogens is 346 g/mol. The maximum atomic E-state index is 12.1. The number of aromatic amines is 1. The number of hydrogen-bond acceptors (Lipinski definition) is 6. The zero-order valence-electron chi connectivity index (χ0n) is 12.4. The number of nitrogens with two attached hydrogens (primary N) is 1. The number of nitrogens with zero attached hydrogens (tertiary/aromatic N) is 2. The first kappa shape index (κ1) is 19.3. The van der Waals surface area contributed by atoms with Gasteiger partial charge in [0.05, 0.1) is 5.39 Å². The fourth-order valence-corrected chi connectivity index (χ4v) is 2.97. The summed E-state index contributed by atoms with van der Waals surface area (Å²) in [6.45, 7) is 0.740. The summed E-state index contributed by atoms with van der Waals surface area (Å²) < 4.78 is 27.8. The van der Waals surface area contributed by atoms with Crippen molar-refractivity contribution in [2.75, 3.05) is 13.1 Å². The van der Waals surface area contributed by atoms with Crippen LogP contribution in [-0.4, -0.2) is 36.0 Å². The molecular formula is C12H18ClN5O4S. The minimum absolute atomic E-state index is 0. The van der Waals surface area contributed by atoms with Crippen molar-refractivity contribution in [2.45, 2.75) is 17.7 Å². The summed E-state index contributed by atoms with van der Waals surface area (Å²) in [7, 11) is -2.33. The smallest absolute Gasteiger partial charge is 0.329 e. The Kier molecular flexibility index (Phi) is 6.45. The van der Waals surface area contributed by atoms with Crippen LogP contribution in [0.15, 0.2) is 26.7 Å². The van der Waals surface area contributed by atoms with Crippen LogP contribution in [0, 0.1) is 0 Å². The normalized spacial score (nSPS) is 11.4. The molecule has 0 aliphatic carbocycles. The zero-order valence-corrected chi connectivity index (χ0v) is 14.0. The number of aryl methyl sites for hydroxylation is 1. The Morgan fingerprint density at radius 1 is 1.35 bits per heavy atom. The highest BCUT2D eigenvalue weighted by Crippen LogP contribution is 2.12. The van der Waals surface area contributed by atoms with Crippen LogP contribution in [0.3, 0.4) is 0 Å². The van der Waals surface area contributed by atoms with E-state index in [1.165, 1.54) is 13.1 Å². The van der Waals surface area contributed by atoms with E-state index in [9.17, 15) is 18.0 Å². The predicted molar refractivity (Wildman–Crippen MR) is 88.3 cm³/mol. The van der Waals surface area contributed by atoms with Gasteiger partial charge in [-0.1, -0.05) is 0 Å². The maximum Gasteiger partial charge on any atom is 0.329 e. The molecule has 0 radical (unpaired) electrons. The highest BCUT2D eigenvalue weighted by Gasteiger charge is 2.16. The van der Waals surface area contributed by atoms with E-state index >= 15 is 0 Å². The first-order valence-electron chi connectivity index (χ1n) is 6.65. The number of pyridine rings is 1. The SMILES string of the molecule is Cl.Cn1c(=O)[nH]c(=O)c2cc(S(=O)(=O)NCCCCN)cnc21. The van der Waals surface area contributed by atoms with E-state index in [2.05, 4.69) is 14.7 Å². The third-order valence-electron chi connectivity index (χ3n) is 3.16. The van der Waals surface area contributed by atoms with Crippen molar-refractivity contribution in [3.63, 3.8) is 0 Å². The third-order valence-corrected chi connectivity index (χ3v) is 4.59. The van der Waals surface area contributed by atoms with Crippen LogP contribution in [0.25, 0.3) is 11.0 Å². The van der Waals surface area contributed by atoms with Crippen LogP contribution < -0.4 is 21.7 Å². The van der Waals surface area contributed by atoms with Gasteiger partial charge >= 0.3 is 5.69 Å². The molecule has 2 rings (SSSR count). The molecule has 128 valence electrons. The second kappa shape index (κ2) is 7.68. The van der Waals surface area contributed by atoms with E-state index in [-0.39, 0.29) is 34.9 Å². The number of halogens is 1. The van der Waals surface area contributed by atoms with Crippen LogP contribution in [0.1, 0.15) is 12.8 Å². The van der Waals surface area contributed by atoms with Gasteiger partial charge < -0.3 is 5.73 Å². The highest BCUT2D eigenvalue weighted by atomic mass is 35.5. The molecule has 0 atom stereocenters. The second-order valence-electron chi connectivity index (χ2n) is 4.75. The lowest BCUT2D eigenvalue weighted by atomic mass is 10.3. The second-order valence-corrected chi connectivity index (χ2v) is 6.52. The first-order chi connectivity index (χ1) is 10.4. The summed E-state index contributed by atoms with van der Waals surface area (Å²) in [6, 6.07) is 1.20. The molecule has 2 aromatic rings. The average Bonchev–Trinajstić information content (AvgIpc) is 2.49. The first-order valence-corrected chi connectivity index (χ1v) is 8.14. The minimum Gasteiger partial charge on any atom is -0.330 e. The molecule has 0 bridgehead atoms. The van der Waals surface area contributed by atoms with Gasteiger partial charge in [-0.05, 0) is 25.5 Å². The quantitative estimate of drug-likeness (QED) is 0.566. The maximum absolute atomic E-state index is 12.1. The summed E-state index contributed by atoms with van der Waals surface area (Å²) in [5, 5.41) is 0.0342. The van der Waals surface area contributed by atoms with Crippen molar-refractivity contribution in [2.24, 2.45) is 12.8 Å². The van der Waals surface area contributed by atoms with E-state index in [0.29, 0.717) is 19.4 Å². The molecule has 4 N–H and O–H groups in total. The summed E-state index contributed by atoms with van der Waals surface area (Å²) in [4.78, 5) is 29.1. The molecule has 0 aliphatic rings. The monoisotopic (exact) mass is 363 g/mol. The van der Waals surface area contributed by atoms with Crippen LogP contribution in [0.4, 0.5) is 0 Å². The van der Waals surface area contributed by atoms with E-state index in [0.717, 1.165) is 10.8 Å². The number of rotatable bonds is 6. The molecule has 2 aromatic heterocycles. The number of sulfonamides is 1. The van der Waals surface area contributed by atoms with Gasteiger partial charge in [-0.3, -0.25) is 14.3 Å². The topological polar surface area (TPSA) is 140 Å². The van der Waals surface area contributed by atoms with Gasteiger partial charge in [0.2, 0.25) is 10.0 Å². The number of hydrogen-bond donors (Lipinski definition) is 3. The molecule has 23 heavy (non-hydrogen) atoms. The molecule has 9 nitrogen and oxygen atoms in total. The molecule has 11 heteroatoms. The number of fused-ring (bicyclic) bond motifs is 1. The lowest BCUT2D eigenvalue weighted by molar-refractivity contribution is 0.577. The molecule has 0 aromatic carbocycles. The van der Waals surface area contributed by atoms with E-state index < -0.39 is 21.3 Å². The number of unbranched alkanes of at least 4 members (excludes halogenated alkanes) is 1. The molecule has 0 fully saturated rings. The van der Waals surface area contributed by atoms with Gasteiger partial charge in [0.15, 0.2) is 0 Å². The summed E-state index contributed by atoms with van der Waals surface area (Å²) in [5.41, 5.74) is 4.18. The fourth-order valence-electron chi connectivity index (χ4n) is 1.92. The molecule has 0 saturated carbocycles. The predicted octanol–water partition coefficient (Wildman–Crippen LogP) is -0.939. The van der Waals surface area contributed by atoms with Crippen molar-refractivity contribution in [1.29, 1.82) is 0 Å². The Bertz CT molecular complexity index is 906. The molecule has 0 spiro atoms. The van der Waals surface area contributed by atoms with Gasteiger partial charge in [0, 0.05) is 19.8 Å². The summed E-state index contributed by atoms with van der Waals surface area (Å²) in [5.74, 6) is 0. The lowest BCUT2D eigenvalue weighted by Crippen LogP contribution is -2.30. The molecule has 0 saturated heterocycles. The Hall–Kier alpha value is -1.75. The van der Waals surface area contributed by atoms with Crippen molar-refractivity contribution < 1.29 is 8.42 Å². The number of aromatic nitrogens is 3. The van der Waals surface area contributed by atoms with Crippen LogP contribution in [0.2, 0.25) is 0 Å². The Balaban J connectivity index is 0.00000264. The Morgan fingerprint density at radius 3 is 2.70 bits per heavy atom. The fraction of sp³-hybridized carbons (Fsp3) is 0.417. The highest BCUT2D eigenvalue weighted by molar-refractivity contribution is 7.89. The lowest BCUT2D eigenvalue weighted by Gasteiger charge is -2.08. The van der Waals surface area contributed by atoms with Gasteiger partial charge in [0.1, 0.15) is 10.5 Å². The van der Waals surface area contributed by atoms with Gasteiger partial charge in [-0.25, -0.2) is 22.9 Å². The van der Waals surface area contributed by atoms with Crippen molar-refractivity contribution in [1.82, 2.24) is 19.3 Å². The largest absolute Gasteiger partial charge is 0.330 e. The van der Waals surface area contributed by atoms with Crippen LogP contribution in [-0.2, 0) is 17.1 Å². The number of H-pyrrole nitrogens is 1. The number of nitrogens with one attached hydrogen (secondary N) is 2. The van der Waals surface area contributed by atoms with E-state index in [1.807, 2.05) is 0 Å². The summed E-state index contributed by atoms with van der Waals surface area (Å²) in [6.07, 6.45) is 2.44. The Labute approximate surface area is 138 Å². The molecule has 0 amide bonds. The van der Waals surface area contributed by atoms with Crippen molar-refractivity contribution >= 4 is 33.5 Å². The van der Waals surface area contributed by atoms with E-state index in [4.69, 9.17) is 5.73 Å². The molecule has 0 unspecified atom stereocenters. The van der Waals surface area contributed by atoms with Crippen LogP contribution in [0.5, 0.6) is 0 Å². The summed E-state index contributed by atoms with van der Waals surface area (Å²) >= 11 is 0. The molecule has 2 heterocycles. The van der Waals surface area contributed by atoms with Gasteiger partial charge in [-0.2, -0.15) is 0 Å². The minimum atomic E-state index is -3.77. The average molecular weight is 364 g/mol. The van der Waals surface area contributed by atoms with Crippen LogP contribution >= 0.6 is 12.4 Å². The van der Waals surface area contributed by atoms with Gasteiger partial charge in [-0.15, -0.1) is 12.4 Å². The Morgan fingerprint density at radius 2 is 2.04 bits per heavy atom. The standard InChI is InChI=1S/C12H17N5O4S.ClH/c1-17-10-9(11(18)16-12(17)19)6-8(7-14-10)22(20,21)15-5-3-2-4-13;/h6-7,15H,2-5,13H2,1H3,(H,16,18,19);1H. The molecule has 0 aliphatic heterocycles. The zero-order chi connectivity index (χ0) is 16.3.